The van der Waals surface area contributed by atoms with Crippen LogP contribution in [0.15, 0.2) is 53.1 Å². The monoisotopic (exact) mass is 373 g/mol. The van der Waals surface area contributed by atoms with Gasteiger partial charge in [-0.15, -0.1) is 0 Å². The second-order valence-electron chi connectivity index (χ2n) is 5.78. The molecule has 0 bridgehead atoms. The van der Waals surface area contributed by atoms with Crippen LogP contribution in [0.1, 0.15) is 18.4 Å². The SMILES string of the molecule is O=C(Cc1ccc(Br)cc1)NC[C@@H]1CCCN1c1ccccn1. The van der Waals surface area contributed by atoms with E-state index in [1.54, 1.807) is 0 Å². The Balaban J connectivity index is 1.53. The molecule has 1 N–H and O–H groups in total. The molecule has 120 valence electrons. The lowest BCUT2D eigenvalue weighted by atomic mass is 10.1. The van der Waals surface area contributed by atoms with E-state index in [4.69, 9.17) is 0 Å². The van der Waals surface area contributed by atoms with E-state index < -0.39 is 0 Å². The summed E-state index contributed by atoms with van der Waals surface area (Å²) in [6.45, 7) is 1.68. The molecule has 1 aromatic heterocycles. The zero-order valence-corrected chi connectivity index (χ0v) is 14.5. The number of amides is 1. The molecule has 23 heavy (non-hydrogen) atoms. The number of carbonyl (C=O) groups is 1. The van der Waals surface area contributed by atoms with Gasteiger partial charge in [-0.2, -0.15) is 0 Å². The van der Waals surface area contributed by atoms with Crippen molar-refractivity contribution in [1.82, 2.24) is 10.3 Å². The molecule has 0 radical (unpaired) electrons. The average Bonchev–Trinajstić information content (AvgIpc) is 3.04. The zero-order valence-electron chi connectivity index (χ0n) is 12.9. The van der Waals surface area contributed by atoms with E-state index in [2.05, 4.69) is 31.1 Å². The van der Waals surface area contributed by atoms with Gasteiger partial charge in [-0.1, -0.05) is 34.1 Å². The molecular formula is C18H20BrN3O. The fourth-order valence-electron chi connectivity index (χ4n) is 2.95. The lowest BCUT2D eigenvalue weighted by molar-refractivity contribution is -0.120. The fourth-order valence-corrected chi connectivity index (χ4v) is 3.22. The Hall–Kier alpha value is -1.88. The van der Waals surface area contributed by atoms with Crippen molar-refractivity contribution in [1.29, 1.82) is 0 Å². The van der Waals surface area contributed by atoms with Crippen LogP contribution in [0.25, 0.3) is 0 Å². The third kappa shape index (κ3) is 4.32. The minimum absolute atomic E-state index is 0.0696. The number of pyridine rings is 1. The van der Waals surface area contributed by atoms with E-state index in [9.17, 15) is 4.79 Å². The van der Waals surface area contributed by atoms with Gasteiger partial charge in [0.2, 0.25) is 5.91 Å². The molecule has 0 spiro atoms. The first-order valence-electron chi connectivity index (χ1n) is 7.91. The van der Waals surface area contributed by atoms with Crippen LogP contribution in [-0.4, -0.2) is 30.0 Å². The third-order valence-corrected chi connectivity index (χ3v) is 4.66. The maximum Gasteiger partial charge on any atom is 0.224 e. The number of carbonyl (C=O) groups excluding carboxylic acids is 1. The average molecular weight is 374 g/mol. The van der Waals surface area contributed by atoms with Crippen LogP contribution in [-0.2, 0) is 11.2 Å². The molecule has 1 aromatic carbocycles. The topological polar surface area (TPSA) is 45.2 Å². The highest BCUT2D eigenvalue weighted by Gasteiger charge is 2.25. The highest BCUT2D eigenvalue weighted by Crippen LogP contribution is 2.22. The number of nitrogens with zero attached hydrogens (tertiary/aromatic N) is 2. The van der Waals surface area contributed by atoms with Crippen molar-refractivity contribution in [2.24, 2.45) is 0 Å². The minimum atomic E-state index is 0.0696. The largest absolute Gasteiger partial charge is 0.354 e. The van der Waals surface area contributed by atoms with Crippen molar-refractivity contribution in [3.8, 4) is 0 Å². The summed E-state index contributed by atoms with van der Waals surface area (Å²) in [5.74, 6) is 1.07. The quantitative estimate of drug-likeness (QED) is 0.875. The molecule has 1 atom stereocenters. The van der Waals surface area contributed by atoms with Gasteiger partial charge in [-0.3, -0.25) is 4.79 Å². The summed E-state index contributed by atoms with van der Waals surface area (Å²) in [6.07, 6.45) is 4.47. The van der Waals surface area contributed by atoms with Crippen LogP contribution in [0.5, 0.6) is 0 Å². The first-order valence-corrected chi connectivity index (χ1v) is 8.70. The predicted molar refractivity (Wildman–Crippen MR) is 95.5 cm³/mol. The zero-order chi connectivity index (χ0) is 16.1. The summed E-state index contributed by atoms with van der Waals surface area (Å²) in [4.78, 5) is 18.9. The lowest BCUT2D eigenvalue weighted by Gasteiger charge is -2.25. The number of nitrogens with one attached hydrogen (secondary N) is 1. The maximum absolute atomic E-state index is 12.1. The van der Waals surface area contributed by atoms with Gasteiger partial charge in [0.1, 0.15) is 5.82 Å². The summed E-state index contributed by atoms with van der Waals surface area (Å²) in [5, 5.41) is 3.07. The van der Waals surface area contributed by atoms with Gasteiger partial charge in [0.15, 0.2) is 0 Å². The lowest BCUT2D eigenvalue weighted by Crippen LogP contribution is -2.41. The summed E-state index contributed by atoms with van der Waals surface area (Å²) < 4.78 is 1.03. The second kappa shape index (κ2) is 7.59. The van der Waals surface area contributed by atoms with Crippen molar-refractivity contribution in [2.75, 3.05) is 18.0 Å². The van der Waals surface area contributed by atoms with E-state index in [-0.39, 0.29) is 5.91 Å². The Morgan fingerprint density at radius 2 is 2.09 bits per heavy atom. The van der Waals surface area contributed by atoms with Crippen molar-refractivity contribution >= 4 is 27.7 Å². The molecule has 0 aliphatic carbocycles. The van der Waals surface area contributed by atoms with Gasteiger partial charge in [0.25, 0.3) is 0 Å². The molecule has 1 aliphatic rings. The molecular weight excluding hydrogens is 354 g/mol. The minimum Gasteiger partial charge on any atom is -0.354 e. The number of aromatic nitrogens is 1. The van der Waals surface area contributed by atoms with Crippen LogP contribution in [0.3, 0.4) is 0 Å². The van der Waals surface area contributed by atoms with Crippen molar-refractivity contribution < 1.29 is 4.79 Å². The smallest absolute Gasteiger partial charge is 0.224 e. The van der Waals surface area contributed by atoms with Gasteiger partial charge in [-0.25, -0.2) is 4.98 Å². The molecule has 1 fully saturated rings. The first kappa shape index (κ1) is 16.0. The molecule has 2 aromatic rings. The molecule has 3 rings (SSSR count). The second-order valence-corrected chi connectivity index (χ2v) is 6.70. The van der Waals surface area contributed by atoms with E-state index in [1.807, 2.05) is 48.7 Å². The Morgan fingerprint density at radius 1 is 1.26 bits per heavy atom. The van der Waals surface area contributed by atoms with Crippen LogP contribution in [0, 0.1) is 0 Å². The molecule has 1 saturated heterocycles. The fraction of sp³-hybridized carbons (Fsp3) is 0.333. The van der Waals surface area contributed by atoms with Gasteiger partial charge in [-0.05, 0) is 42.7 Å². The standard InChI is InChI=1S/C18H20BrN3O/c19-15-8-6-14(7-9-15)12-18(23)21-13-16-4-3-11-22(16)17-5-1-2-10-20-17/h1-2,5-10,16H,3-4,11-13H2,(H,21,23)/t16-/m0/s1. The molecule has 1 aliphatic heterocycles. The van der Waals surface area contributed by atoms with Gasteiger partial charge < -0.3 is 10.2 Å². The molecule has 5 heteroatoms. The van der Waals surface area contributed by atoms with E-state index in [0.717, 1.165) is 35.2 Å². The number of anilines is 1. The van der Waals surface area contributed by atoms with Crippen LogP contribution < -0.4 is 10.2 Å². The van der Waals surface area contributed by atoms with Gasteiger partial charge in [0, 0.05) is 29.8 Å². The van der Waals surface area contributed by atoms with Crippen molar-refractivity contribution in [2.45, 2.75) is 25.3 Å². The molecule has 0 unspecified atom stereocenters. The normalized spacial score (nSPS) is 17.3. The van der Waals surface area contributed by atoms with Gasteiger partial charge in [0.05, 0.1) is 6.42 Å². The van der Waals surface area contributed by atoms with Crippen LogP contribution in [0.2, 0.25) is 0 Å². The molecule has 0 saturated carbocycles. The number of benzene rings is 1. The Kier molecular flexibility index (Phi) is 5.28. The third-order valence-electron chi connectivity index (χ3n) is 4.13. The van der Waals surface area contributed by atoms with Crippen LogP contribution >= 0.6 is 15.9 Å². The summed E-state index contributed by atoms with van der Waals surface area (Å²) in [7, 11) is 0. The number of hydrogen-bond acceptors (Lipinski definition) is 3. The highest BCUT2D eigenvalue weighted by molar-refractivity contribution is 9.10. The number of rotatable bonds is 5. The first-order chi connectivity index (χ1) is 11.2. The molecule has 2 heterocycles. The maximum atomic E-state index is 12.1. The van der Waals surface area contributed by atoms with Crippen LogP contribution in [0.4, 0.5) is 5.82 Å². The highest BCUT2D eigenvalue weighted by atomic mass is 79.9. The van der Waals surface area contributed by atoms with Crippen molar-refractivity contribution in [3.05, 3.63) is 58.7 Å². The summed E-state index contributed by atoms with van der Waals surface area (Å²) >= 11 is 3.40. The Bertz CT molecular complexity index is 645. The number of halogens is 1. The van der Waals surface area contributed by atoms with Crippen molar-refractivity contribution in [3.63, 3.8) is 0 Å². The van der Waals surface area contributed by atoms with E-state index >= 15 is 0 Å². The van der Waals surface area contributed by atoms with E-state index in [1.165, 1.54) is 0 Å². The predicted octanol–water partition coefficient (Wildman–Crippen LogP) is 3.17. The van der Waals surface area contributed by atoms with E-state index in [0.29, 0.717) is 19.0 Å². The molecule has 4 nitrogen and oxygen atoms in total. The molecule has 1 amide bonds. The Labute approximate surface area is 145 Å². The van der Waals surface area contributed by atoms with Gasteiger partial charge >= 0.3 is 0 Å². The summed E-state index contributed by atoms with van der Waals surface area (Å²) in [5.41, 5.74) is 1.03. The summed E-state index contributed by atoms with van der Waals surface area (Å²) in [6, 6.07) is 14.2. The Morgan fingerprint density at radius 3 is 2.83 bits per heavy atom. The number of hydrogen-bond donors (Lipinski definition) is 1.